The van der Waals surface area contributed by atoms with Gasteiger partial charge in [-0.15, -0.1) is 0 Å². The lowest BCUT2D eigenvalue weighted by molar-refractivity contribution is 0.296. The number of nitrogens with zero attached hydrogens (tertiary/aromatic N) is 1. The van der Waals surface area contributed by atoms with E-state index in [1.165, 1.54) is 0 Å². The molecule has 0 unspecified atom stereocenters. The average Bonchev–Trinajstić information content (AvgIpc) is 2.37. The SMILES string of the molecule is O=c1c(Br)cccn1CCOc1ccc(Br)cc1. The number of pyridine rings is 1. The minimum atomic E-state index is -0.0445. The number of benzene rings is 1. The number of hydrogen-bond acceptors (Lipinski definition) is 2. The van der Waals surface area contributed by atoms with E-state index in [4.69, 9.17) is 4.74 Å². The minimum absolute atomic E-state index is 0.0445. The molecule has 2 rings (SSSR count). The van der Waals surface area contributed by atoms with E-state index in [1.54, 1.807) is 16.8 Å². The predicted octanol–water partition coefficient (Wildman–Crippen LogP) is 3.45. The summed E-state index contributed by atoms with van der Waals surface area (Å²) in [6.45, 7) is 0.979. The Labute approximate surface area is 122 Å². The molecule has 3 nitrogen and oxygen atoms in total. The maximum absolute atomic E-state index is 11.7. The lowest BCUT2D eigenvalue weighted by Gasteiger charge is -2.08. The van der Waals surface area contributed by atoms with Gasteiger partial charge in [-0.25, -0.2) is 0 Å². The molecule has 0 saturated heterocycles. The van der Waals surface area contributed by atoms with Crippen LogP contribution in [0.25, 0.3) is 0 Å². The van der Waals surface area contributed by atoms with Gasteiger partial charge < -0.3 is 9.30 Å². The summed E-state index contributed by atoms with van der Waals surface area (Å²) in [7, 11) is 0. The Kier molecular flexibility index (Phi) is 4.60. The summed E-state index contributed by atoms with van der Waals surface area (Å²) < 4.78 is 8.75. The first-order chi connectivity index (χ1) is 8.66. The quantitative estimate of drug-likeness (QED) is 0.822. The molecule has 0 aliphatic heterocycles. The Balaban J connectivity index is 1.94. The van der Waals surface area contributed by atoms with Crippen LogP contribution in [-0.2, 0) is 6.54 Å². The first-order valence-electron chi connectivity index (χ1n) is 5.40. The molecular weight excluding hydrogens is 362 g/mol. The van der Waals surface area contributed by atoms with Crippen LogP contribution in [0.4, 0.5) is 0 Å². The van der Waals surface area contributed by atoms with Crippen LogP contribution in [0.15, 0.2) is 56.3 Å². The van der Waals surface area contributed by atoms with E-state index in [9.17, 15) is 4.79 Å². The van der Waals surface area contributed by atoms with Crippen molar-refractivity contribution in [1.29, 1.82) is 0 Å². The first-order valence-corrected chi connectivity index (χ1v) is 6.99. The second kappa shape index (κ2) is 6.20. The Morgan fingerprint density at radius 3 is 2.56 bits per heavy atom. The van der Waals surface area contributed by atoms with Crippen molar-refractivity contribution < 1.29 is 4.74 Å². The minimum Gasteiger partial charge on any atom is -0.492 e. The molecule has 0 N–H and O–H groups in total. The molecule has 5 heteroatoms. The molecule has 0 aliphatic rings. The van der Waals surface area contributed by atoms with Crippen molar-refractivity contribution >= 4 is 31.9 Å². The van der Waals surface area contributed by atoms with Gasteiger partial charge in [-0.3, -0.25) is 4.79 Å². The Bertz CT molecular complexity index is 578. The van der Waals surface area contributed by atoms with Crippen molar-refractivity contribution in [3.05, 3.63) is 61.9 Å². The lowest BCUT2D eigenvalue weighted by Crippen LogP contribution is -2.22. The highest BCUT2D eigenvalue weighted by Crippen LogP contribution is 2.15. The van der Waals surface area contributed by atoms with E-state index >= 15 is 0 Å². The van der Waals surface area contributed by atoms with E-state index in [0.29, 0.717) is 17.6 Å². The van der Waals surface area contributed by atoms with E-state index in [1.807, 2.05) is 30.3 Å². The summed E-state index contributed by atoms with van der Waals surface area (Å²) in [5, 5.41) is 0. The van der Waals surface area contributed by atoms with E-state index in [0.717, 1.165) is 10.2 Å². The van der Waals surface area contributed by atoms with Crippen LogP contribution in [0.3, 0.4) is 0 Å². The van der Waals surface area contributed by atoms with Gasteiger partial charge in [-0.2, -0.15) is 0 Å². The normalized spacial score (nSPS) is 10.3. The molecule has 0 bridgehead atoms. The molecule has 2 aromatic rings. The van der Waals surface area contributed by atoms with E-state index < -0.39 is 0 Å². The molecule has 0 fully saturated rings. The zero-order valence-electron chi connectivity index (χ0n) is 9.48. The number of rotatable bonds is 4. The van der Waals surface area contributed by atoms with Crippen molar-refractivity contribution in [3.8, 4) is 5.75 Å². The third kappa shape index (κ3) is 3.46. The van der Waals surface area contributed by atoms with Crippen LogP contribution in [0, 0.1) is 0 Å². The van der Waals surface area contributed by atoms with Crippen LogP contribution in [0.1, 0.15) is 0 Å². The van der Waals surface area contributed by atoms with Gasteiger partial charge in [0.1, 0.15) is 12.4 Å². The molecule has 0 aliphatic carbocycles. The Morgan fingerprint density at radius 2 is 1.83 bits per heavy atom. The van der Waals surface area contributed by atoms with Crippen molar-refractivity contribution in [2.24, 2.45) is 0 Å². The van der Waals surface area contributed by atoms with Crippen molar-refractivity contribution in [2.75, 3.05) is 6.61 Å². The van der Waals surface area contributed by atoms with E-state index in [2.05, 4.69) is 31.9 Å². The van der Waals surface area contributed by atoms with Gasteiger partial charge in [0, 0.05) is 10.7 Å². The van der Waals surface area contributed by atoms with Gasteiger partial charge in [0.2, 0.25) is 0 Å². The van der Waals surface area contributed by atoms with Crippen LogP contribution in [0.5, 0.6) is 5.75 Å². The number of aromatic nitrogens is 1. The van der Waals surface area contributed by atoms with Gasteiger partial charge in [0.25, 0.3) is 5.56 Å². The van der Waals surface area contributed by atoms with Gasteiger partial charge >= 0.3 is 0 Å². The smallest absolute Gasteiger partial charge is 0.264 e. The summed E-state index contributed by atoms with van der Waals surface area (Å²) >= 11 is 6.57. The summed E-state index contributed by atoms with van der Waals surface area (Å²) in [5.74, 6) is 0.793. The lowest BCUT2D eigenvalue weighted by atomic mass is 10.3. The van der Waals surface area contributed by atoms with Crippen molar-refractivity contribution in [2.45, 2.75) is 6.54 Å². The van der Waals surface area contributed by atoms with Crippen molar-refractivity contribution in [3.63, 3.8) is 0 Å². The molecule has 1 aromatic carbocycles. The summed E-state index contributed by atoms with van der Waals surface area (Å²) in [6.07, 6.45) is 1.75. The second-order valence-corrected chi connectivity index (χ2v) is 5.43. The third-order valence-electron chi connectivity index (χ3n) is 2.39. The zero-order chi connectivity index (χ0) is 13.0. The molecule has 1 aromatic heterocycles. The average molecular weight is 373 g/mol. The molecule has 0 atom stereocenters. The van der Waals surface area contributed by atoms with E-state index in [-0.39, 0.29) is 5.56 Å². The Hall–Kier alpha value is -1.07. The fourth-order valence-corrected chi connectivity index (χ4v) is 2.12. The molecule has 18 heavy (non-hydrogen) atoms. The maximum atomic E-state index is 11.7. The van der Waals surface area contributed by atoms with Gasteiger partial charge in [-0.1, -0.05) is 15.9 Å². The fourth-order valence-electron chi connectivity index (χ4n) is 1.48. The molecule has 0 spiro atoms. The highest BCUT2D eigenvalue weighted by atomic mass is 79.9. The molecule has 0 saturated carbocycles. The maximum Gasteiger partial charge on any atom is 0.264 e. The number of hydrogen-bond donors (Lipinski definition) is 0. The highest BCUT2D eigenvalue weighted by Gasteiger charge is 2.00. The zero-order valence-corrected chi connectivity index (χ0v) is 12.6. The summed E-state index contributed by atoms with van der Waals surface area (Å²) in [6, 6.07) is 11.2. The highest BCUT2D eigenvalue weighted by molar-refractivity contribution is 9.10. The molecular formula is C13H11Br2NO2. The fraction of sp³-hybridized carbons (Fsp3) is 0.154. The van der Waals surface area contributed by atoms with Crippen molar-refractivity contribution in [1.82, 2.24) is 4.57 Å². The molecule has 94 valence electrons. The number of halogens is 2. The predicted molar refractivity (Wildman–Crippen MR) is 78.0 cm³/mol. The van der Waals surface area contributed by atoms with Gasteiger partial charge in [0.05, 0.1) is 11.0 Å². The molecule has 1 heterocycles. The standard InChI is InChI=1S/C13H11Br2NO2/c14-10-3-5-11(6-4-10)18-9-8-16-7-1-2-12(15)13(16)17/h1-7H,8-9H2. The summed E-state index contributed by atoms with van der Waals surface area (Å²) in [5.41, 5.74) is -0.0445. The van der Waals surface area contributed by atoms with Crippen LogP contribution >= 0.6 is 31.9 Å². The van der Waals surface area contributed by atoms with Gasteiger partial charge in [0.15, 0.2) is 0 Å². The Morgan fingerprint density at radius 1 is 1.11 bits per heavy atom. The largest absolute Gasteiger partial charge is 0.492 e. The van der Waals surface area contributed by atoms with Crippen LogP contribution < -0.4 is 10.3 Å². The second-order valence-electron chi connectivity index (χ2n) is 3.66. The first kappa shape index (κ1) is 13.4. The monoisotopic (exact) mass is 371 g/mol. The van der Waals surface area contributed by atoms with Gasteiger partial charge in [-0.05, 0) is 52.3 Å². The summed E-state index contributed by atoms with van der Waals surface area (Å²) in [4.78, 5) is 11.7. The van der Waals surface area contributed by atoms with Crippen LogP contribution in [0.2, 0.25) is 0 Å². The number of ether oxygens (including phenoxy) is 1. The van der Waals surface area contributed by atoms with Crippen LogP contribution in [-0.4, -0.2) is 11.2 Å². The third-order valence-corrected chi connectivity index (χ3v) is 3.52. The molecule has 0 radical (unpaired) electrons. The topological polar surface area (TPSA) is 31.2 Å². The molecule has 0 amide bonds.